The van der Waals surface area contributed by atoms with Crippen molar-refractivity contribution >= 4 is 12.2 Å². The molecule has 0 spiro atoms. The monoisotopic (exact) mass is 330 g/mol. The van der Waals surface area contributed by atoms with E-state index in [2.05, 4.69) is 0 Å². The first-order valence-corrected chi connectivity index (χ1v) is 7.37. The second kappa shape index (κ2) is 8.15. The van der Waals surface area contributed by atoms with Crippen molar-refractivity contribution in [2.75, 3.05) is 35.5 Å². The first-order chi connectivity index (χ1) is 11.7. The van der Waals surface area contributed by atoms with Gasteiger partial charge in [-0.1, -0.05) is 18.2 Å². The average Bonchev–Trinajstić information content (AvgIpc) is 2.64. The molecule has 0 unspecified atom stereocenters. The maximum absolute atomic E-state index is 5.46. The summed E-state index contributed by atoms with van der Waals surface area (Å²) in [4.78, 5) is 0. The molecule has 0 saturated heterocycles. The Morgan fingerprint density at radius 2 is 1.33 bits per heavy atom. The molecule has 0 aliphatic heterocycles. The van der Waals surface area contributed by atoms with Crippen molar-refractivity contribution in [1.29, 1.82) is 0 Å². The molecule has 0 heterocycles. The van der Waals surface area contributed by atoms with Crippen molar-refractivity contribution in [2.24, 2.45) is 0 Å². The SMILES string of the molecule is COc1cc(/C=C/c2ccc(OC)c(OC)c2)c(OC)c(OC)c1. The highest BCUT2D eigenvalue weighted by Crippen LogP contribution is 2.37. The highest BCUT2D eigenvalue weighted by molar-refractivity contribution is 5.76. The van der Waals surface area contributed by atoms with Crippen molar-refractivity contribution in [3.63, 3.8) is 0 Å². The Hall–Kier alpha value is -2.82. The molecule has 0 saturated carbocycles. The minimum Gasteiger partial charge on any atom is -0.497 e. The molecule has 0 aliphatic carbocycles. The van der Waals surface area contributed by atoms with E-state index in [0.29, 0.717) is 28.7 Å². The average molecular weight is 330 g/mol. The minimum atomic E-state index is 0.615. The molecule has 0 aliphatic rings. The van der Waals surface area contributed by atoms with Crippen LogP contribution in [0.15, 0.2) is 30.3 Å². The van der Waals surface area contributed by atoms with Gasteiger partial charge in [-0.2, -0.15) is 0 Å². The van der Waals surface area contributed by atoms with E-state index < -0.39 is 0 Å². The van der Waals surface area contributed by atoms with Gasteiger partial charge in [-0.05, 0) is 23.8 Å². The summed E-state index contributed by atoms with van der Waals surface area (Å²) in [5, 5.41) is 0. The smallest absolute Gasteiger partial charge is 0.168 e. The van der Waals surface area contributed by atoms with E-state index in [1.165, 1.54) is 0 Å². The van der Waals surface area contributed by atoms with Gasteiger partial charge < -0.3 is 23.7 Å². The molecule has 128 valence electrons. The zero-order chi connectivity index (χ0) is 17.5. The fraction of sp³-hybridized carbons (Fsp3) is 0.263. The number of benzene rings is 2. The van der Waals surface area contributed by atoms with Crippen LogP contribution in [0.2, 0.25) is 0 Å². The number of methoxy groups -OCH3 is 5. The minimum absolute atomic E-state index is 0.615. The topological polar surface area (TPSA) is 46.2 Å². The van der Waals surface area contributed by atoms with Crippen LogP contribution in [0.5, 0.6) is 28.7 Å². The summed E-state index contributed by atoms with van der Waals surface area (Å²) in [5.74, 6) is 3.32. The quantitative estimate of drug-likeness (QED) is 0.721. The normalized spacial score (nSPS) is 10.5. The van der Waals surface area contributed by atoms with Crippen LogP contribution in [0.1, 0.15) is 11.1 Å². The molecule has 2 rings (SSSR count). The standard InChI is InChI=1S/C19H22O5/c1-20-15-11-14(19(24-5)18(12-15)23-4)8-6-13-7-9-16(21-2)17(10-13)22-3/h6-12H,1-5H3/b8-6+. The Kier molecular flexibility index (Phi) is 5.95. The third kappa shape index (κ3) is 3.74. The Bertz CT molecular complexity index is 722. The maximum Gasteiger partial charge on any atom is 0.168 e. The second-order valence-electron chi connectivity index (χ2n) is 4.90. The number of ether oxygens (including phenoxy) is 5. The van der Waals surface area contributed by atoms with E-state index in [1.807, 2.05) is 36.4 Å². The van der Waals surface area contributed by atoms with Gasteiger partial charge in [0.25, 0.3) is 0 Å². The molecule has 0 fully saturated rings. The van der Waals surface area contributed by atoms with Crippen molar-refractivity contribution < 1.29 is 23.7 Å². The first-order valence-electron chi connectivity index (χ1n) is 7.37. The third-order valence-corrected chi connectivity index (χ3v) is 3.58. The number of hydrogen-bond acceptors (Lipinski definition) is 5. The molecular formula is C19H22O5. The van der Waals surface area contributed by atoms with Gasteiger partial charge in [-0.3, -0.25) is 0 Å². The summed E-state index contributed by atoms with van der Waals surface area (Å²) in [6, 6.07) is 9.38. The molecule has 0 radical (unpaired) electrons. The van der Waals surface area contributed by atoms with E-state index in [9.17, 15) is 0 Å². The Labute approximate surface area is 142 Å². The summed E-state index contributed by atoms with van der Waals surface area (Å²) in [6.45, 7) is 0. The van der Waals surface area contributed by atoms with E-state index >= 15 is 0 Å². The molecule has 0 atom stereocenters. The third-order valence-electron chi connectivity index (χ3n) is 3.58. The summed E-state index contributed by atoms with van der Waals surface area (Å²) in [6.07, 6.45) is 3.89. The van der Waals surface area contributed by atoms with Gasteiger partial charge in [-0.15, -0.1) is 0 Å². The molecular weight excluding hydrogens is 308 g/mol. The molecule has 0 amide bonds. The van der Waals surface area contributed by atoms with Gasteiger partial charge in [0.2, 0.25) is 0 Å². The lowest BCUT2D eigenvalue weighted by Crippen LogP contribution is -1.95. The molecule has 0 N–H and O–H groups in total. The van der Waals surface area contributed by atoms with Gasteiger partial charge in [0.1, 0.15) is 5.75 Å². The molecule has 5 heteroatoms. The fourth-order valence-corrected chi connectivity index (χ4v) is 2.35. The van der Waals surface area contributed by atoms with Crippen LogP contribution in [-0.4, -0.2) is 35.5 Å². The molecule has 2 aromatic carbocycles. The van der Waals surface area contributed by atoms with E-state index in [4.69, 9.17) is 23.7 Å². The molecule has 24 heavy (non-hydrogen) atoms. The van der Waals surface area contributed by atoms with Crippen molar-refractivity contribution in [3.05, 3.63) is 41.5 Å². The molecule has 0 bridgehead atoms. The maximum atomic E-state index is 5.46. The van der Waals surface area contributed by atoms with Crippen LogP contribution < -0.4 is 23.7 Å². The van der Waals surface area contributed by atoms with Crippen LogP contribution in [0, 0.1) is 0 Å². The lowest BCUT2D eigenvalue weighted by Gasteiger charge is -2.12. The Morgan fingerprint density at radius 3 is 1.92 bits per heavy atom. The van der Waals surface area contributed by atoms with Crippen molar-refractivity contribution in [1.82, 2.24) is 0 Å². The zero-order valence-electron chi connectivity index (χ0n) is 14.6. The van der Waals surface area contributed by atoms with Gasteiger partial charge in [0.05, 0.1) is 35.5 Å². The second-order valence-corrected chi connectivity index (χ2v) is 4.90. The molecule has 2 aromatic rings. The summed E-state index contributed by atoms with van der Waals surface area (Å²) < 4.78 is 26.7. The van der Waals surface area contributed by atoms with Crippen LogP contribution >= 0.6 is 0 Å². The van der Waals surface area contributed by atoms with E-state index in [1.54, 1.807) is 41.6 Å². The fourth-order valence-electron chi connectivity index (χ4n) is 2.35. The van der Waals surface area contributed by atoms with Gasteiger partial charge in [0, 0.05) is 11.6 Å². The van der Waals surface area contributed by atoms with Crippen LogP contribution in [0.25, 0.3) is 12.2 Å². The predicted molar refractivity (Wildman–Crippen MR) is 94.6 cm³/mol. The van der Waals surface area contributed by atoms with Crippen molar-refractivity contribution in [2.45, 2.75) is 0 Å². The molecule has 0 aromatic heterocycles. The molecule has 5 nitrogen and oxygen atoms in total. The predicted octanol–water partition coefficient (Wildman–Crippen LogP) is 3.90. The van der Waals surface area contributed by atoms with Crippen LogP contribution in [0.4, 0.5) is 0 Å². The van der Waals surface area contributed by atoms with Gasteiger partial charge >= 0.3 is 0 Å². The summed E-state index contributed by atoms with van der Waals surface area (Å²) in [7, 11) is 8.04. The lowest BCUT2D eigenvalue weighted by atomic mass is 10.1. The lowest BCUT2D eigenvalue weighted by molar-refractivity contribution is 0.348. The summed E-state index contributed by atoms with van der Waals surface area (Å²) >= 11 is 0. The van der Waals surface area contributed by atoms with Gasteiger partial charge in [-0.25, -0.2) is 0 Å². The van der Waals surface area contributed by atoms with Crippen molar-refractivity contribution in [3.8, 4) is 28.7 Å². The van der Waals surface area contributed by atoms with Crippen LogP contribution in [-0.2, 0) is 0 Å². The highest BCUT2D eigenvalue weighted by Gasteiger charge is 2.11. The zero-order valence-corrected chi connectivity index (χ0v) is 14.6. The van der Waals surface area contributed by atoms with E-state index in [0.717, 1.165) is 11.1 Å². The Balaban J connectivity index is 2.41. The number of hydrogen-bond donors (Lipinski definition) is 0. The largest absolute Gasteiger partial charge is 0.497 e. The summed E-state index contributed by atoms with van der Waals surface area (Å²) in [5.41, 5.74) is 1.82. The van der Waals surface area contributed by atoms with Gasteiger partial charge in [0.15, 0.2) is 23.0 Å². The Morgan fingerprint density at radius 1 is 0.625 bits per heavy atom. The highest BCUT2D eigenvalue weighted by atomic mass is 16.5. The van der Waals surface area contributed by atoms with Crippen LogP contribution in [0.3, 0.4) is 0 Å². The van der Waals surface area contributed by atoms with E-state index in [-0.39, 0.29) is 0 Å². The first kappa shape index (κ1) is 17.5. The number of rotatable bonds is 7.